The van der Waals surface area contributed by atoms with Crippen LogP contribution in [0, 0.1) is 20.8 Å². The summed E-state index contributed by atoms with van der Waals surface area (Å²) in [5.41, 5.74) is 4.04. The molecule has 8 nitrogen and oxygen atoms in total. The van der Waals surface area contributed by atoms with E-state index in [1.165, 1.54) is 0 Å². The molecule has 9 heteroatoms. The molecule has 0 saturated carbocycles. The molecular formula is C26H25N3O5S. The van der Waals surface area contributed by atoms with E-state index in [2.05, 4.69) is 15.2 Å². The minimum absolute atomic E-state index is 0.180. The van der Waals surface area contributed by atoms with Crippen molar-refractivity contribution in [3.05, 3.63) is 101 Å². The second-order valence-corrected chi connectivity index (χ2v) is 9.75. The van der Waals surface area contributed by atoms with Crippen molar-refractivity contribution in [3.63, 3.8) is 0 Å². The molecule has 0 aliphatic heterocycles. The number of aromatic nitrogens is 1. The molecule has 1 amide bonds. The van der Waals surface area contributed by atoms with E-state index in [1.54, 1.807) is 72.8 Å². The maximum atomic E-state index is 12.6. The summed E-state index contributed by atoms with van der Waals surface area (Å²) < 4.78 is 38.5. The number of nitrogens with zero attached hydrogens (tertiary/aromatic N) is 1. The highest BCUT2D eigenvalue weighted by molar-refractivity contribution is 7.92. The van der Waals surface area contributed by atoms with Gasteiger partial charge in [0.05, 0.1) is 16.2 Å². The van der Waals surface area contributed by atoms with Gasteiger partial charge in [0.15, 0.2) is 0 Å². The van der Waals surface area contributed by atoms with E-state index in [1.807, 2.05) is 20.8 Å². The molecular weight excluding hydrogens is 466 g/mol. The van der Waals surface area contributed by atoms with E-state index in [-0.39, 0.29) is 10.8 Å². The monoisotopic (exact) mass is 491 g/mol. The third-order valence-corrected chi connectivity index (χ3v) is 6.80. The highest BCUT2D eigenvalue weighted by Crippen LogP contribution is 2.21. The maximum Gasteiger partial charge on any atom is 0.261 e. The first-order valence-electron chi connectivity index (χ1n) is 10.9. The van der Waals surface area contributed by atoms with Gasteiger partial charge in [-0.15, -0.1) is 0 Å². The molecule has 0 fully saturated rings. The van der Waals surface area contributed by atoms with Crippen molar-refractivity contribution in [1.82, 2.24) is 5.16 Å². The van der Waals surface area contributed by atoms with E-state index in [9.17, 15) is 13.2 Å². The second kappa shape index (κ2) is 10.0. The number of hydrogen-bond acceptors (Lipinski definition) is 6. The van der Waals surface area contributed by atoms with Crippen LogP contribution in [0.1, 0.15) is 32.9 Å². The summed E-state index contributed by atoms with van der Waals surface area (Å²) in [6.07, 6.45) is 0. The van der Waals surface area contributed by atoms with Gasteiger partial charge in [0.25, 0.3) is 15.9 Å². The van der Waals surface area contributed by atoms with Gasteiger partial charge < -0.3 is 14.6 Å². The van der Waals surface area contributed by atoms with Crippen LogP contribution in [0.5, 0.6) is 5.75 Å². The molecule has 0 bridgehead atoms. The molecule has 2 N–H and O–H groups in total. The maximum absolute atomic E-state index is 12.6. The van der Waals surface area contributed by atoms with E-state index in [0.29, 0.717) is 35.1 Å². The number of sulfonamides is 1. The predicted octanol–water partition coefficient (Wildman–Crippen LogP) is 5.23. The molecule has 35 heavy (non-hydrogen) atoms. The Bertz CT molecular complexity index is 1410. The molecule has 0 aliphatic carbocycles. The highest BCUT2D eigenvalue weighted by Gasteiger charge is 2.14. The summed E-state index contributed by atoms with van der Waals surface area (Å²) in [7, 11) is -3.70. The summed E-state index contributed by atoms with van der Waals surface area (Å²) in [5.74, 6) is 1.04. The number of nitrogens with one attached hydrogen (secondary N) is 2. The van der Waals surface area contributed by atoms with Crippen LogP contribution in [0.4, 0.5) is 11.4 Å². The minimum atomic E-state index is -3.70. The van der Waals surface area contributed by atoms with Crippen LogP contribution in [0.2, 0.25) is 0 Å². The van der Waals surface area contributed by atoms with Crippen LogP contribution in [0.15, 0.2) is 82.2 Å². The molecule has 0 radical (unpaired) electrons. The topological polar surface area (TPSA) is 111 Å². The number of aryl methyl sites for hydroxylation is 3. The van der Waals surface area contributed by atoms with Gasteiger partial charge in [0.1, 0.15) is 18.1 Å². The lowest BCUT2D eigenvalue weighted by Gasteiger charge is -2.10. The van der Waals surface area contributed by atoms with Crippen LogP contribution in [0.3, 0.4) is 0 Å². The Hall–Kier alpha value is -4.11. The van der Waals surface area contributed by atoms with Gasteiger partial charge in [-0.1, -0.05) is 22.9 Å². The van der Waals surface area contributed by atoms with E-state index >= 15 is 0 Å². The number of ether oxygens (including phenoxy) is 1. The summed E-state index contributed by atoms with van der Waals surface area (Å²) in [6, 6.07) is 19.8. The zero-order chi connectivity index (χ0) is 25.0. The van der Waals surface area contributed by atoms with Crippen molar-refractivity contribution >= 4 is 27.3 Å². The molecule has 0 aliphatic rings. The van der Waals surface area contributed by atoms with Crippen molar-refractivity contribution in [3.8, 4) is 5.75 Å². The Balaban J connectivity index is 1.34. The highest BCUT2D eigenvalue weighted by atomic mass is 32.2. The van der Waals surface area contributed by atoms with Crippen molar-refractivity contribution in [2.24, 2.45) is 0 Å². The zero-order valence-corrected chi connectivity index (χ0v) is 20.3. The number of carbonyl (C=O) groups is 1. The molecule has 0 unspecified atom stereocenters. The first-order chi connectivity index (χ1) is 16.7. The van der Waals surface area contributed by atoms with E-state index in [4.69, 9.17) is 9.26 Å². The average molecular weight is 492 g/mol. The summed E-state index contributed by atoms with van der Waals surface area (Å²) >= 11 is 0. The van der Waals surface area contributed by atoms with Crippen molar-refractivity contribution in [1.29, 1.82) is 0 Å². The van der Waals surface area contributed by atoms with Crippen molar-refractivity contribution in [2.75, 3.05) is 10.0 Å². The average Bonchev–Trinajstić information content (AvgIpc) is 3.16. The largest absolute Gasteiger partial charge is 0.489 e. The molecule has 3 aromatic carbocycles. The third-order valence-electron chi connectivity index (χ3n) is 5.41. The first kappa shape index (κ1) is 24.0. The van der Waals surface area contributed by atoms with Crippen LogP contribution < -0.4 is 14.8 Å². The van der Waals surface area contributed by atoms with Gasteiger partial charge >= 0.3 is 0 Å². The lowest BCUT2D eigenvalue weighted by molar-refractivity contribution is 0.102. The quantitative estimate of drug-likeness (QED) is 0.349. The molecule has 0 saturated heterocycles. The van der Waals surface area contributed by atoms with Gasteiger partial charge in [-0.2, -0.15) is 0 Å². The Labute approximate surface area is 204 Å². The molecule has 0 spiro atoms. The van der Waals surface area contributed by atoms with E-state index < -0.39 is 10.0 Å². The number of amides is 1. The lowest BCUT2D eigenvalue weighted by Crippen LogP contribution is -2.14. The Kier molecular flexibility index (Phi) is 6.88. The number of carbonyl (C=O) groups excluding carboxylic acids is 1. The van der Waals surface area contributed by atoms with Crippen LogP contribution in [-0.2, 0) is 16.6 Å². The number of anilines is 2. The SMILES string of the molecule is Cc1ccc(S(=O)(=O)Nc2ccc(NC(=O)c3ccc(OCc4c(C)noc4C)cc3)cc2)cc1. The van der Waals surface area contributed by atoms with Crippen molar-refractivity contribution < 1.29 is 22.5 Å². The fourth-order valence-electron chi connectivity index (χ4n) is 3.32. The predicted molar refractivity (Wildman–Crippen MR) is 133 cm³/mol. The van der Waals surface area contributed by atoms with Gasteiger partial charge in [0, 0.05) is 16.9 Å². The normalized spacial score (nSPS) is 11.2. The van der Waals surface area contributed by atoms with Gasteiger partial charge in [-0.25, -0.2) is 8.42 Å². The standard InChI is InChI=1S/C26H25N3O5S/c1-17-4-14-24(15-5-17)35(31,32)29-22-10-8-21(9-11-22)27-26(30)20-6-12-23(13-7-20)33-16-25-18(2)28-34-19(25)3/h4-15,29H,16H2,1-3H3,(H,27,30). The molecule has 0 atom stereocenters. The summed E-state index contributed by atoms with van der Waals surface area (Å²) in [5, 5.41) is 6.70. The number of rotatable bonds is 8. The van der Waals surface area contributed by atoms with Gasteiger partial charge in [-0.05, 0) is 81.4 Å². The lowest BCUT2D eigenvalue weighted by atomic mass is 10.2. The van der Waals surface area contributed by atoms with E-state index in [0.717, 1.165) is 16.8 Å². The van der Waals surface area contributed by atoms with Crippen LogP contribution in [0.25, 0.3) is 0 Å². The molecule has 1 heterocycles. The van der Waals surface area contributed by atoms with Crippen molar-refractivity contribution in [2.45, 2.75) is 32.3 Å². The smallest absolute Gasteiger partial charge is 0.261 e. The minimum Gasteiger partial charge on any atom is -0.489 e. The molecule has 4 rings (SSSR count). The number of hydrogen-bond donors (Lipinski definition) is 2. The fraction of sp³-hybridized carbons (Fsp3) is 0.154. The van der Waals surface area contributed by atoms with Crippen LogP contribution >= 0.6 is 0 Å². The van der Waals surface area contributed by atoms with Gasteiger partial charge in [0.2, 0.25) is 0 Å². The number of benzene rings is 3. The Morgan fingerprint density at radius 2 is 1.51 bits per heavy atom. The third kappa shape index (κ3) is 5.88. The zero-order valence-electron chi connectivity index (χ0n) is 19.5. The molecule has 1 aromatic heterocycles. The second-order valence-electron chi connectivity index (χ2n) is 8.07. The summed E-state index contributed by atoms with van der Waals surface area (Å²) in [4.78, 5) is 12.8. The first-order valence-corrected chi connectivity index (χ1v) is 12.3. The molecule has 4 aromatic rings. The summed E-state index contributed by atoms with van der Waals surface area (Å²) in [6.45, 7) is 5.90. The fourth-order valence-corrected chi connectivity index (χ4v) is 4.38. The Morgan fingerprint density at radius 1 is 0.886 bits per heavy atom. The molecule has 180 valence electrons. The van der Waals surface area contributed by atoms with Gasteiger partial charge in [-0.3, -0.25) is 9.52 Å². The Morgan fingerprint density at radius 3 is 2.11 bits per heavy atom. The van der Waals surface area contributed by atoms with Crippen LogP contribution in [-0.4, -0.2) is 19.5 Å².